The second-order valence-electron chi connectivity index (χ2n) is 11.5. The van der Waals surface area contributed by atoms with E-state index in [1.54, 1.807) is 12.1 Å². The smallest absolute Gasteiger partial charge is 0.244 e. The fourth-order valence-electron chi connectivity index (χ4n) is 4.51. The number of carbonyl (C=O) groups excluding carboxylic acids is 2. The van der Waals surface area contributed by atoms with Crippen LogP contribution in [0.4, 0.5) is 5.69 Å². The van der Waals surface area contributed by atoms with E-state index in [9.17, 15) is 18.0 Å². The second kappa shape index (κ2) is 12.7. The van der Waals surface area contributed by atoms with Crippen LogP contribution in [-0.4, -0.2) is 49.5 Å². The lowest BCUT2D eigenvalue weighted by Gasteiger charge is -2.35. The molecule has 0 unspecified atom stereocenters. The van der Waals surface area contributed by atoms with Crippen LogP contribution in [0.1, 0.15) is 48.6 Å². The number of aryl methyl sites for hydroxylation is 3. The lowest BCUT2D eigenvalue weighted by atomic mass is 10.0. The van der Waals surface area contributed by atoms with Crippen molar-refractivity contribution in [3.8, 4) is 0 Å². The Bertz CT molecular complexity index is 1450. The maximum atomic E-state index is 14.2. The molecule has 40 heavy (non-hydrogen) atoms. The number of rotatable bonds is 10. The maximum Gasteiger partial charge on any atom is 0.244 e. The second-order valence-corrected chi connectivity index (χ2v) is 13.4. The van der Waals surface area contributed by atoms with Crippen molar-refractivity contribution in [1.82, 2.24) is 10.2 Å². The van der Waals surface area contributed by atoms with Crippen LogP contribution >= 0.6 is 0 Å². The number of nitrogens with zero attached hydrogens (tertiary/aromatic N) is 2. The summed E-state index contributed by atoms with van der Waals surface area (Å²) >= 11 is 0. The van der Waals surface area contributed by atoms with E-state index in [0.29, 0.717) is 5.69 Å². The molecule has 0 aliphatic heterocycles. The van der Waals surface area contributed by atoms with Crippen molar-refractivity contribution in [3.63, 3.8) is 0 Å². The van der Waals surface area contributed by atoms with Crippen molar-refractivity contribution in [3.05, 3.63) is 101 Å². The van der Waals surface area contributed by atoms with Gasteiger partial charge in [0.15, 0.2) is 0 Å². The summed E-state index contributed by atoms with van der Waals surface area (Å²) in [6.45, 7) is 11.2. The molecule has 2 amide bonds. The zero-order chi connectivity index (χ0) is 29.7. The van der Waals surface area contributed by atoms with Crippen LogP contribution < -0.4 is 9.62 Å². The number of carbonyl (C=O) groups is 2. The van der Waals surface area contributed by atoms with Gasteiger partial charge in [-0.25, -0.2) is 8.42 Å². The summed E-state index contributed by atoms with van der Waals surface area (Å²) in [6, 6.07) is 21.7. The Hall–Kier alpha value is -3.65. The van der Waals surface area contributed by atoms with Crippen LogP contribution in [0, 0.1) is 20.8 Å². The quantitative estimate of drug-likeness (QED) is 0.379. The normalized spacial score (nSPS) is 12.5. The molecule has 0 radical (unpaired) electrons. The lowest BCUT2D eigenvalue weighted by Crippen LogP contribution is -2.56. The first-order valence-electron chi connectivity index (χ1n) is 13.4. The molecular formula is C32H41N3O4S. The molecule has 214 valence electrons. The predicted octanol–water partition coefficient (Wildman–Crippen LogP) is 4.93. The molecule has 1 N–H and O–H groups in total. The van der Waals surface area contributed by atoms with Gasteiger partial charge in [0, 0.05) is 18.5 Å². The van der Waals surface area contributed by atoms with E-state index in [1.807, 2.05) is 102 Å². The van der Waals surface area contributed by atoms with E-state index in [0.717, 1.165) is 38.4 Å². The van der Waals surface area contributed by atoms with Crippen LogP contribution in [0.2, 0.25) is 0 Å². The Balaban J connectivity index is 2.09. The van der Waals surface area contributed by atoms with Gasteiger partial charge in [0.25, 0.3) is 0 Å². The van der Waals surface area contributed by atoms with E-state index in [2.05, 4.69) is 5.32 Å². The van der Waals surface area contributed by atoms with Gasteiger partial charge in [-0.1, -0.05) is 66.2 Å². The Kier molecular flexibility index (Phi) is 9.79. The summed E-state index contributed by atoms with van der Waals surface area (Å²) in [5.74, 6) is -0.760. The first-order chi connectivity index (χ1) is 18.6. The minimum atomic E-state index is -3.80. The van der Waals surface area contributed by atoms with Gasteiger partial charge in [-0.05, 0) is 75.9 Å². The molecule has 0 heterocycles. The molecular weight excluding hydrogens is 522 g/mol. The summed E-state index contributed by atoms with van der Waals surface area (Å²) in [5, 5.41) is 3.04. The Morgan fingerprint density at radius 3 is 2.08 bits per heavy atom. The van der Waals surface area contributed by atoms with Gasteiger partial charge in [-0.3, -0.25) is 13.9 Å². The number of hydrogen-bond acceptors (Lipinski definition) is 4. The first-order valence-corrected chi connectivity index (χ1v) is 15.2. The molecule has 0 saturated carbocycles. The highest BCUT2D eigenvalue weighted by Gasteiger charge is 2.34. The summed E-state index contributed by atoms with van der Waals surface area (Å²) in [7, 11) is -3.80. The molecule has 0 aromatic heterocycles. The molecule has 0 saturated heterocycles. The monoisotopic (exact) mass is 563 g/mol. The third-order valence-corrected chi connectivity index (χ3v) is 7.80. The van der Waals surface area contributed by atoms with Crippen molar-refractivity contribution < 1.29 is 18.0 Å². The van der Waals surface area contributed by atoms with Crippen LogP contribution in [0.3, 0.4) is 0 Å². The average Bonchev–Trinajstić information content (AvgIpc) is 2.85. The van der Waals surface area contributed by atoms with Gasteiger partial charge in [-0.2, -0.15) is 0 Å². The largest absolute Gasteiger partial charge is 0.350 e. The molecule has 1 atom stereocenters. The van der Waals surface area contributed by atoms with Gasteiger partial charge < -0.3 is 10.2 Å². The zero-order valence-electron chi connectivity index (χ0n) is 24.6. The van der Waals surface area contributed by atoms with Crippen molar-refractivity contribution in [2.24, 2.45) is 0 Å². The van der Waals surface area contributed by atoms with E-state index in [-0.39, 0.29) is 18.9 Å². The Labute approximate surface area is 239 Å². The van der Waals surface area contributed by atoms with Crippen LogP contribution in [-0.2, 0) is 32.6 Å². The van der Waals surface area contributed by atoms with E-state index in [4.69, 9.17) is 0 Å². The molecule has 0 bridgehead atoms. The topological polar surface area (TPSA) is 86.8 Å². The number of anilines is 1. The molecule has 0 fully saturated rings. The summed E-state index contributed by atoms with van der Waals surface area (Å²) < 4.78 is 27.0. The summed E-state index contributed by atoms with van der Waals surface area (Å²) in [5.41, 5.74) is 4.60. The molecule has 3 rings (SSSR count). The van der Waals surface area contributed by atoms with Gasteiger partial charge in [-0.15, -0.1) is 0 Å². The third-order valence-electron chi connectivity index (χ3n) is 6.66. The highest BCUT2D eigenvalue weighted by Crippen LogP contribution is 2.23. The highest BCUT2D eigenvalue weighted by atomic mass is 32.2. The van der Waals surface area contributed by atoms with E-state index < -0.39 is 34.1 Å². The maximum absolute atomic E-state index is 14.2. The van der Waals surface area contributed by atoms with Crippen molar-refractivity contribution in [2.75, 3.05) is 17.1 Å². The fraction of sp³-hybridized carbons (Fsp3) is 0.375. The van der Waals surface area contributed by atoms with E-state index >= 15 is 0 Å². The van der Waals surface area contributed by atoms with Gasteiger partial charge >= 0.3 is 0 Å². The SMILES string of the molecule is Cc1cccc(CN(C(=O)CN(c2ccc(C)c(C)c2)S(C)(=O)=O)[C@H](Cc2ccccc2)C(=O)NC(C)(C)C)c1. The average molecular weight is 564 g/mol. The molecule has 3 aromatic carbocycles. The molecule has 0 spiro atoms. The molecule has 0 aliphatic rings. The van der Waals surface area contributed by atoms with Gasteiger partial charge in [0.2, 0.25) is 21.8 Å². The number of benzene rings is 3. The third kappa shape index (κ3) is 8.68. The van der Waals surface area contributed by atoms with Gasteiger partial charge in [0.1, 0.15) is 12.6 Å². The number of sulfonamides is 1. The minimum Gasteiger partial charge on any atom is -0.350 e. The van der Waals surface area contributed by atoms with Crippen molar-refractivity contribution in [2.45, 2.75) is 66.1 Å². The first kappa shape index (κ1) is 30.9. The van der Waals surface area contributed by atoms with E-state index in [1.165, 1.54) is 4.90 Å². The van der Waals surface area contributed by atoms with Crippen molar-refractivity contribution >= 4 is 27.5 Å². The zero-order valence-corrected chi connectivity index (χ0v) is 25.4. The Morgan fingerprint density at radius 2 is 1.50 bits per heavy atom. The van der Waals surface area contributed by atoms with Crippen molar-refractivity contribution in [1.29, 1.82) is 0 Å². The van der Waals surface area contributed by atoms with Crippen LogP contribution in [0.15, 0.2) is 72.8 Å². The molecule has 7 nitrogen and oxygen atoms in total. The highest BCUT2D eigenvalue weighted by molar-refractivity contribution is 7.92. The molecule has 8 heteroatoms. The summed E-state index contributed by atoms with van der Waals surface area (Å²) in [6.07, 6.45) is 1.37. The van der Waals surface area contributed by atoms with Crippen LogP contribution in [0.25, 0.3) is 0 Å². The molecule has 3 aromatic rings. The fourth-order valence-corrected chi connectivity index (χ4v) is 5.35. The number of hydrogen-bond donors (Lipinski definition) is 1. The van der Waals surface area contributed by atoms with Gasteiger partial charge in [0.05, 0.1) is 11.9 Å². The lowest BCUT2D eigenvalue weighted by molar-refractivity contribution is -0.140. The van der Waals surface area contributed by atoms with Crippen LogP contribution in [0.5, 0.6) is 0 Å². The predicted molar refractivity (Wildman–Crippen MR) is 162 cm³/mol. The number of nitrogens with one attached hydrogen (secondary N) is 1. The Morgan fingerprint density at radius 1 is 0.850 bits per heavy atom. The standard InChI is InChI=1S/C32H41N3O4S/c1-23-12-11-15-27(18-23)21-34(29(31(37)33-32(4,5)6)20-26-13-9-8-10-14-26)30(36)22-35(40(7,38)39)28-17-16-24(2)25(3)19-28/h8-19,29H,20-22H2,1-7H3,(H,33,37)/t29-/m1/s1. The molecule has 0 aliphatic carbocycles. The minimum absolute atomic E-state index is 0.153. The summed E-state index contributed by atoms with van der Waals surface area (Å²) in [4.78, 5) is 29.4. The number of amides is 2.